The molecule has 1 aliphatic carbocycles. The molecule has 3 heterocycles. The molecule has 1 aliphatic rings. The van der Waals surface area contributed by atoms with Crippen LogP contribution in [0.1, 0.15) is 38.6 Å². The maximum atomic E-state index is 13.6. The van der Waals surface area contributed by atoms with Crippen molar-refractivity contribution < 1.29 is 17.9 Å². The fourth-order valence-corrected chi connectivity index (χ4v) is 6.08. The SMILES string of the molecule is CCOC(=O)C1CCC(n2c(S(=O)(=O)c3ccccc3)nc3cnc4[nH]ccc4c32)CC1. The highest BCUT2D eigenvalue weighted by Crippen LogP contribution is 2.39. The number of ether oxygens (including phenoxy) is 1. The summed E-state index contributed by atoms with van der Waals surface area (Å²) in [6, 6.07) is 10.2. The third-order valence-corrected chi connectivity index (χ3v) is 7.84. The number of H-pyrrole nitrogens is 1. The van der Waals surface area contributed by atoms with Gasteiger partial charge < -0.3 is 14.3 Å². The van der Waals surface area contributed by atoms with Crippen molar-refractivity contribution in [2.24, 2.45) is 5.92 Å². The summed E-state index contributed by atoms with van der Waals surface area (Å²) < 4.78 is 34.3. The summed E-state index contributed by atoms with van der Waals surface area (Å²) in [6.45, 7) is 2.17. The number of aromatic nitrogens is 4. The third kappa shape index (κ3) is 3.37. The summed E-state index contributed by atoms with van der Waals surface area (Å²) in [5, 5.41) is 0.853. The van der Waals surface area contributed by atoms with Gasteiger partial charge in [0.05, 0.1) is 29.1 Å². The number of hydrogen-bond acceptors (Lipinski definition) is 6. The van der Waals surface area contributed by atoms with E-state index in [1.165, 1.54) is 0 Å². The molecular weight excluding hydrogens is 428 g/mol. The number of fused-ring (bicyclic) bond motifs is 3. The monoisotopic (exact) mass is 452 g/mol. The molecule has 166 valence electrons. The lowest BCUT2D eigenvalue weighted by Gasteiger charge is -2.29. The molecule has 8 nitrogen and oxygen atoms in total. The number of hydrogen-bond donors (Lipinski definition) is 1. The van der Waals surface area contributed by atoms with E-state index in [4.69, 9.17) is 4.74 Å². The van der Waals surface area contributed by atoms with Gasteiger partial charge in [-0.1, -0.05) is 18.2 Å². The number of carbonyl (C=O) groups excluding carboxylic acids is 1. The summed E-state index contributed by atoms with van der Waals surface area (Å²) in [4.78, 5) is 24.5. The highest BCUT2D eigenvalue weighted by Gasteiger charge is 2.34. The first-order chi connectivity index (χ1) is 15.5. The van der Waals surface area contributed by atoms with Crippen LogP contribution in [-0.2, 0) is 19.4 Å². The molecule has 0 aliphatic heterocycles. The number of aromatic amines is 1. The van der Waals surface area contributed by atoms with Gasteiger partial charge in [-0.05, 0) is 50.8 Å². The van der Waals surface area contributed by atoms with Crippen molar-refractivity contribution in [2.45, 2.75) is 48.7 Å². The van der Waals surface area contributed by atoms with Crippen LogP contribution in [0.25, 0.3) is 22.1 Å². The van der Waals surface area contributed by atoms with E-state index in [1.54, 1.807) is 49.6 Å². The molecular formula is C23H24N4O4S. The van der Waals surface area contributed by atoms with Crippen LogP contribution in [0.4, 0.5) is 0 Å². The number of benzene rings is 1. The van der Waals surface area contributed by atoms with E-state index in [0.717, 1.165) is 10.9 Å². The molecule has 1 saturated carbocycles. The zero-order valence-electron chi connectivity index (χ0n) is 17.7. The van der Waals surface area contributed by atoms with Crippen LogP contribution in [0.3, 0.4) is 0 Å². The van der Waals surface area contributed by atoms with E-state index in [2.05, 4.69) is 15.0 Å². The Balaban J connectivity index is 1.64. The molecule has 0 amide bonds. The first-order valence-corrected chi connectivity index (χ1v) is 12.3. The molecule has 0 unspecified atom stereocenters. The van der Waals surface area contributed by atoms with E-state index in [-0.39, 0.29) is 28.0 Å². The fourth-order valence-electron chi connectivity index (χ4n) is 4.63. The Labute approximate surface area is 185 Å². The molecule has 0 radical (unpaired) electrons. The molecule has 1 fully saturated rings. The summed E-state index contributed by atoms with van der Waals surface area (Å²) in [5.41, 5.74) is 1.98. The predicted molar refractivity (Wildman–Crippen MR) is 119 cm³/mol. The standard InChI is InChI=1S/C23H24N4O4S/c1-2-31-22(28)15-8-10-16(11-9-15)27-20-18-12-13-24-21(18)25-14-19(20)26-23(27)32(29,30)17-6-4-3-5-7-17/h3-7,12-16H,2,8-11H2,1H3,(H,24,25). The number of nitrogens with zero attached hydrogens (tertiary/aromatic N) is 3. The highest BCUT2D eigenvalue weighted by atomic mass is 32.2. The highest BCUT2D eigenvalue weighted by molar-refractivity contribution is 7.91. The van der Waals surface area contributed by atoms with E-state index in [9.17, 15) is 13.2 Å². The average molecular weight is 453 g/mol. The first kappa shape index (κ1) is 20.7. The maximum Gasteiger partial charge on any atom is 0.308 e. The second-order valence-corrected chi connectivity index (χ2v) is 9.91. The Bertz CT molecular complexity index is 1380. The number of pyridine rings is 1. The normalized spacial score (nSPS) is 19.4. The van der Waals surface area contributed by atoms with Gasteiger partial charge in [0.15, 0.2) is 0 Å². The molecule has 0 bridgehead atoms. The maximum absolute atomic E-state index is 13.6. The molecule has 1 aromatic carbocycles. The second kappa shape index (κ2) is 8.05. The summed E-state index contributed by atoms with van der Waals surface area (Å²) >= 11 is 0. The van der Waals surface area contributed by atoms with Gasteiger partial charge in [-0.2, -0.15) is 0 Å². The lowest BCUT2D eigenvalue weighted by Crippen LogP contribution is -2.26. The predicted octanol–water partition coefficient (Wildman–Crippen LogP) is 4.04. The van der Waals surface area contributed by atoms with Crippen molar-refractivity contribution in [1.29, 1.82) is 0 Å². The van der Waals surface area contributed by atoms with Crippen LogP contribution in [0, 0.1) is 5.92 Å². The number of sulfone groups is 1. The summed E-state index contributed by atoms with van der Waals surface area (Å²) in [5.74, 6) is -0.320. The van der Waals surface area contributed by atoms with Crippen molar-refractivity contribution in [3.8, 4) is 0 Å². The Morgan fingerprint density at radius 1 is 1.16 bits per heavy atom. The number of esters is 1. The van der Waals surface area contributed by atoms with Gasteiger partial charge in [0.1, 0.15) is 11.2 Å². The van der Waals surface area contributed by atoms with Gasteiger partial charge in [0, 0.05) is 17.6 Å². The second-order valence-electron chi connectivity index (χ2n) is 8.07. The molecule has 32 heavy (non-hydrogen) atoms. The average Bonchev–Trinajstić information content (AvgIpc) is 3.44. The van der Waals surface area contributed by atoms with Gasteiger partial charge in [0.25, 0.3) is 0 Å². The molecule has 0 spiro atoms. The Hall–Kier alpha value is -3.20. The molecule has 0 atom stereocenters. The topological polar surface area (TPSA) is 107 Å². The Kier molecular flexibility index (Phi) is 5.21. The van der Waals surface area contributed by atoms with Gasteiger partial charge in [-0.15, -0.1) is 0 Å². The van der Waals surface area contributed by atoms with Crippen LogP contribution in [0.5, 0.6) is 0 Å². The number of rotatable bonds is 5. The Morgan fingerprint density at radius 2 is 1.91 bits per heavy atom. The van der Waals surface area contributed by atoms with Gasteiger partial charge >= 0.3 is 5.97 Å². The zero-order valence-corrected chi connectivity index (χ0v) is 18.5. The lowest BCUT2D eigenvalue weighted by molar-refractivity contribution is -0.149. The van der Waals surface area contributed by atoms with Crippen LogP contribution in [-0.4, -0.2) is 40.5 Å². The number of carbonyl (C=O) groups is 1. The van der Waals surface area contributed by atoms with E-state index in [1.807, 2.05) is 10.6 Å². The Morgan fingerprint density at radius 3 is 2.62 bits per heavy atom. The third-order valence-electron chi connectivity index (χ3n) is 6.18. The van der Waals surface area contributed by atoms with Gasteiger partial charge in [-0.3, -0.25) is 4.79 Å². The minimum absolute atomic E-state index is 0.0220. The van der Waals surface area contributed by atoms with Crippen molar-refractivity contribution in [3.05, 3.63) is 48.8 Å². The summed E-state index contributed by atoms with van der Waals surface area (Å²) in [6.07, 6.45) is 6.03. The largest absolute Gasteiger partial charge is 0.466 e. The van der Waals surface area contributed by atoms with Crippen LogP contribution in [0.15, 0.2) is 58.8 Å². The zero-order chi connectivity index (χ0) is 22.3. The molecule has 9 heteroatoms. The van der Waals surface area contributed by atoms with Crippen LogP contribution >= 0.6 is 0 Å². The molecule has 0 saturated heterocycles. The minimum Gasteiger partial charge on any atom is -0.466 e. The first-order valence-electron chi connectivity index (χ1n) is 10.8. The molecule has 5 rings (SSSR count). The van der Waals surface area contributed by atoms with Crippen LogP contribution < -0.4 is 0 Å². The molecule has 4 aromatic rings. The van der Waals surface area contributed by atoms with Crippen LogP contribution in [0.2, 0.25) is 0 Å². The number of imidazole rings is 1. The molecule has 3 aromatic heterocycles. The van der Waals surface area contributed by atoms with E-state index in [0.29, 0.717) is 43.5 Å². The fraction of sp³-hybridized carbons (Fsp3) is 0.348. The van der Waals surface area contributed by atoms with E-state index < -0.39 is 9.84 Å². The van der Waals surface area contributed by atoms with Gasteiger partial charge in [0.2, 0.25) is 15.0 Å². The lowest BCUT2D eigenvalue weighted by atomic mass is 9.86. The van der Waals surface area contributed by atoms with Crippen molar-refractivity contribution in [2.75, 3.05) is 6.61 Å². The smallest absolute Gasteiger partial charge is 0.308 e. The minimum atomic E-state index is -3.85. The van der Waals surface area contributed by atoms with Crippen molar-refractivity contribution >= 4 is 37.9 Å². The molecule has 1 N–H and O–H groups in total. The van der Waals surface area contributed by atoms with Crippen molar-refractivity contribution in [3.63, 3.8) is 0 Å². The van der Waals surface area contributed by atoms with E-state index >= 15 is 0 Å². The quantitative estimate of drug-likeness (QED) is 0.458. The number of nitrogens with one attached hydrogen (secondary N) is 1. The van der Waals surface area contributed by atoms with Crippen molar-refractivity contribution in [1.82, 2.24) is 19.5 Å². The summed E-state index contributed by atoms with van der Waals surface area (Å²) in [7, 11) is -3.85. The van der Waals surface area contributed by atoms with Gasteiger partial charge in [-0.25, -0.2) is 18.4 Å².